The first-order chi connectivity index (χ1) is 6.72. The third-order valence-electron chi connectivity index (χ3n) is 2.15. The topological polar surface area (TPSA) is 26.3 Å². The second-order valence-corrected chi connectivity index (χ2v) is 3.57. The fourth-order valence-electron chi connectivity index (χ4n) is 1.09. The van der Waals surface area contributed by atoms with Gasteiger partial charge < -0.3 is 4.74 Å². The van der Waals surface area contributed by atoms with Crippen molar-refractivity contribution in [1.82, 2.24) is 0 Å². The van der Waals surface area contributed by atoms with Crippen LogP contribution in [-0.4, -0.2) is 12.6 Å². The van der Waals surface area contributed by atoms with Gasteiger partial charge in [-0.1, -0.05) is 32.4 Å². The molecule has 0 saturated heterocycles. The molecule has 0 aliphatic heterocycles. The van der Waals surface area contributed by atoms with Gasteiger partial charge in [0.1, 0.15) is 0 Å². The minimum atomic E-state index is -0.0528. The van der Waals surface area contributed by atoms with E-state index in [-0.39, 0.29) is 11.9 Å². The van der Waals surface area contributed by atoms with Crippen molar-refractivity contribution >= 4 is 5.97 Å². The maximum atomic E-state index is 11.4. The molecule has 2 nitrogen and oxygen atoms in total. The van der Waals surface area contributed by atoms with E-state index in [1.165, 1.54) is 0 Å². The molecule has 0 N–H and O–H groups in total. The first kappa shape index (κ1) is 13.2. The Morgan fingerprint density at radius 1 is 1.50 bits per heavy atom. The van der Waals surface area contributed by atoms with Gasteiger partial charge in [0.25, 0.3) is 0 Å². The Kier molecular flexibility index (Phi) is 8.30. The van der Waals surface area contributed by atoms with Gasteiger partial charge in [0, 0.05) is 0 Å². The van der Waals surface area contributed by atoms with Gasteiger partial charge in [-0.15, -0.1) is 0 Å². The molecule has 0 heterocycles. The Balaban J connectivity index is 3.54. The van der Waals surface area contributed by atoms with E-state index in [0.29, 0.717) is 6.61 Å². The second-order valence-electron chi connectivity index (χ2n) is 3.57. The number of hydrogen-bond donors (Lipinski definition) is 0. The lowest BCUT2D eigenvalue weighted by Crippen LogP contribution is -2.15. The second kappa shape index (κ2) is 8.79. The molecular weight excluding hydrogens is 176 g/mol. The molecule has 0 rings (SSSR count). The zero-order valence-corrected chi connectivity index (χ0v) is 9.58. The van der Waals surface area contributed by atoms with Crippen molar-refractivity contribution in [2.75, 3.05) is 6.61 Å². The first-order valence-electron chi connectivity index (χ1n) is 5.50. The number of carbonyl (C=O) groups is 1. The van der Waals surface area contributed by atoms with Crippen LogP contribution in [0.5, 0.6) is 0 Å². The van der Waals surface area contributed by atoms with Crippen molar-refractivity contribution in [2.24, 2.45) is 5.92 Å². The molecule has 14 heavy (non-hydrogen) atoms. The summed E-state index contributed by atoms with van der Waals surface area (Å²) in [5, 5.41) is 0. The van der Waals surface area contributed by atoms with Gasteiger partial charge in [0.15, 0.2) is 0 Å². The predicted octanol–water partition coefficient (Wildman–Crippen LogP) is 3.32. The van der Waals surface area contributed by atoms with Gasteiger partial charge in [0.2, 0.25) is 0 Å². The number of unbranched alkanes of at least 4 members (excludes halogenated alkanes) is 1. The highest BCUT2D eigenvalue weighted by atomic mass is 16.5. The third kappa shape index (κ3) is 6.70. The van der Waals surface area contributed by atoms with Crippen LogP contribution in [0.1, 0.15) is 46.5 Å². The van der Waals surface area contributed by atoms with E-state index in [2.05, 4.69) is 13.0 Å². The quantitative estimate of drug-likeness (QED) is 0.356. The van der Waals surface area contributed by atoms with E-state index >= 15 is 0 Å². The molecule has 1 unspecified atom stereocenters. The molecular formula is C12H22O2. The SMILES string of the molecule is CC=CCCC(C)C(=O)OCCCC. The summed E-state index contributed by atoms with van der Waals surface area (Å²) in [7, 11) is 0. The number of hydrogen-bond acceptors (Lipinski definition) is 2. The molecule has 0 aromatic heterocycles. The molecule has 0 saturated carbocycles. The molecule has 0 aromatic carbocycles. The van der Waals surface area contributed by atoms with Crippen LogP contribution >= 0.6 is 0 Å². The van der Waals surface area contributed by atoms with Crippen LogP contribution < -0.4 is 0 Å². The van der Waals surface area contributed by atoms with E-state index < -0.39 is 0 Å². The molecule has 82 valence electrons. The van der Waals surface area contributed by atoms with Gasteiger partial charge in [0.05, 0.1) is 12.5 Å². The lowest BCUT2D eigenvalue weighted by Gasteiger charge is -2.09. The highest BCUT2D eigenvalue weighted by Gasteiger charge is 2.12. The first-order valence-corrected chi connectivity index (χ1v) is 5.50. The average Bonchev–Trinajstić information content (AvgIpc) is 2.18. The van der Waals surface area contributed by atoms with Crippen LogP contribution in [0.2, 0.25) is 0 Å². The lowest BCUT2D eigenvalue weighted by molar-refractivity contribution is -0.148. The summed E-state index contributed by atoms with van der Waals surface area (Å²) in [6.07, 6.45) is 7.97. The lowest BCUT2D eigenvalue weighted by atomic mass is 10.1. The van der Waals surface area contributed by atoms with Crippen molar-refractivity contribution in [3.05, 3.63) is 12.2 Å². The standard InChI is InChI=1S/C12H22O2/c1-4-6-8-9-11(3)12(13)14-10-7-5-2/h4,6,11H,5,7-10H2,1-3H3. The van der Waals surface area contributed by atoms with Gasteiger partial charge in [-0.05, 0) is 26.2 Å². The smallest absolute Gasteiger partial charge is 0.308 e. The normalized spacial score (nSPS) is 13.1. The summed E-state index contributed by atoms with van der Waals surface area (Å²) >= 11 is 0. The molecule has 0 amide bonds. The van der Waals surface area contributed by atoms with E-state index in [9.17, 15) is 4.79 Å². The maximum absolute atomic E-state index is 11.4. The van der Waals surface area contributed by atoms with Gasteiger partial charge in [-0.3, -0.25) is 4.79 Å². The number of allylic oxidation sites excluding steroid dienone is 2. The zero-order valence-electron chi connectivity index (χ0n) is 9.58. The average molecular weight is 198 g/mol. The van der Waals surface area contributed by atoms with Crippen LogP contribution in [-0.2, 0) is 9.53 Å². The van der Waals surface area contributed by atoms with Crippen molar-refractivity contribution in [3.8, 4) is 0 Å². The van der Waals surface area contributed by atoms with Crippen LogP contribution in [0.15, 0.2) is 12.2 Å². The minimum Gasteiger partial charge on any atom is -0.465 e. The summed E-state index contributed by atoms with van der Waals surface area (Å²) in [5.74, 6) is -0.0222. The summed E-state index contributed by atoms with van der Waals surface area (Å²) in [6, 6.07) is 0. The van der Waals surface area contributed by atoms with Crippen molar-refractivity contribution in [3.63, 3.8) is 0 Å². The summed E-state index contributed by atoms with van der Waals surface area (Å²) < 4.78 is 5.11. The number of rotatable bonds is 7. The summed E-state index contributed by atoms with van der Waals surface area (Å²) in [6.45, 7) is 6.58. The fraction of sp³-hybridized carbons (Fsp3) is 0.750. The number of ether oxygens (including phenoxy) is 1. The van der Waals surface area contributed by atoms with Crippen molar-refractivity contribution in [2.45, 2.75) is 46.5 Å². The molecule has 2 heteroatoms. The van der Waals surface area contributed by atoms with Gasteiger partial charge in [-0.2, -0.15) is 0 Å². The zero-order chi connectivity index (χ0) is 10.8. The Bertz CT molecular complexity index is 173. The van der Waals surface area contributed by atoms with Crippen LogP contribution in [0.3, 0.4) is 0 Å². The van der Waals surface area contributed by atoms with Crippen LogP contribution in [0, 0.1) is 5.92 Å². The molecule has 0 fully saturated rings. The number of carbonyl (C=O) groups excluding carboxylic acids is 1. The fourth-order valence-corrected chi connectivity index (χ4v) is 1.09. The minimum absolute atomic E-state index is 0.0306. The summed E-state index contributed by atoms with van der Waals surface area (Å²) in [4.78, 5) is 11.4. The molecule has 1 atom stereocenters. The van der Waals surface area contributed by atoms with Crippen LogP contribution in [0.25, 0.3) is 0 Å². The van der Waals surface area contributed by atoms with E-state index in [1.807, 2.05) is 19.9 Å². The largest absolute Gasteiger partial charge is 0.465 e. The van der Waals surface area contributed by atoms with Crippen molar-refractivity contribution < 1.29 is 9.53 Å². The molecule has 0 aromatic rings. The number of esters is 1. The predicted molar refractivity (Wildman–Crippen MR) is 59.1 cm³/mol. The van der Waals surface area contributed by atoms with E-state index in [0.717, 1.165) is 25.7 Å². The molecule has 0 aliphatic rings. The Morgan fingerprint density at radius 3 is 2.79 bits per heavy atom. The van der Waals surface area contributed by atoms with Gasteiger partial charge in [-0.25, -0.2) is 0 Å². The van der Waals surface area contributed by atoms with Crippen LogP contribution in [0.4, 0.5) is 0 Å². The molecule has 0 aliphatic carbocycles. The highest BCUT2D eigenvalue weighted by molar-refractivity contribution is 5.71. The molecule has 0 spiro atoms. The van der Waals surface area contributed by atoms with E-state index in [4.69, 9.17) is 4.74 Å². The maximum Gasteiger partial charge on any atom is 0.308 e. The monoisotopic (exact) mass is 198 g/mol. The summed E-state index contributed by atoms with van der Waals surface area (Å²) in [5.41, 5.74) is 0. The Hall–Kier alpha value is -0.790. The van der Waals surface area contributed by atoms with Gasteiger partial charge >= 0.3 is 5.97 Å². The van der Waals surface area contributed by atoms with E-state index in [1.54, 1.807) is 0 Å². The van der Waals surface area contributed by atoms with Crippen molar-refractivity contribution in [1.29, 1.82) is 0 Å². The molecule has 0 radical (unpaired) electrons. The third-order valence-corrected chi connectivity index (χ3v) is 2.15. The Labute approximate surface area is 87.3 Å². The molecule has 0 bridgehead atoms. The highest BCUT2D eigenvalue weighted by Crippen LogP contribution is 2.08. The Morgan fingerprint density at radius 2 is 2.21 bits per heavy atom.